The number of rotatable bonds is 70. The van der Waals surface area contributed by atoms with E-state index in [1.165, 1.54) is 57.8 Å². The van der Waals surface area contributed by atoms with Crippen molar-refractivity contribution in [2.45, 2.75) is 316 Å². The van der Waals surface area contributed by atoms with Crippen LogP contribution in [0, 0.1) is 0 Å². The Morgan fingerprint density at radius 2 is 0.571 bits per heavy atom. The van der Waals surface area contributed by atoms with Crippen LogP contribution in [0.25, 0.3) is 0 Å². The molecule has 0 rings (SSSR count). The van der Waals surface area contributed by atoms with Gasteiger partial charge in [-0.1, -0.05) is 271 Å². The topological polar surface area (TPSA) is 237 Å². The van der Waals surface area contributed by atoms with E-state index in [-0.39, 0.29) is 25.7 Å². The van der Waals surface area contributed by atoms with Gasteiger partial charge in [-0.25, -0.2) is 9.13 Å². The lowest BCUT2D eigenvalue weighted by Gasteiger charge is -2.21. The molecule has 0 aliphatic heterocycles. The third-order valence-corrected chi connectivity index (χ3v) is 17.3. The van der Waals surface area contributed by atoms with E-state index in [0.29, 0.717) is 32.1 Å². The van der Waals surface area contributed by atoms with Gasteiger partial charge in [0.15, 0.2) is 12.2 Å². The molecule has 0 bridgehead atoms. The number of allylic oxidation sites excluding steroid dienone is 20. The van der Waals surface area contributed by atoms with E-state index in [0.717, 1.165) is 154 Å². The molecule has 19 heteroatoms. The van der Waals surface area contributed by atoms with Crippen LogP contribution < -0.4 is 0 Å². The Morgan fingerprint density at radius 1 is 0.296 bits per heavy atom. The van der Waals surface area contributed by atoms with Crippen LogP contribution in [0.15, 0.2) is 122 Å². The van der Waals surface area contributed by atoms with E-state index in [2.05, 4.69) is 131 Å². The van der Waals surface area contributed by atoms with E-state index in [9.17, 15) is 43.2 Å². The summed E-state index contributed by atoms with van der Waals surface area (Å²) >= 11 is 0. The molecule has 0 saturated carbocycles. The van der Waals surface area contributed by atoms with Gasteiger partial charge >= 0.3 is 39.5 Å². The molecule has 5 atom stereocenters. The van der Waals surface area contributed by atoms with Crippen LogP contribution in [0.5, 0.6) is 0 Å². The molecule has 0 aromatic carbocycles. The van der Waals surface area contributed by atoms with E-state index in [1.54, 1.807) is 0 Å². The minimum atomic E-state index is -4.99. The second-order valence-corrected chi connectivity index (χ2v) is 27.8. The van der Waals surface area contributed by atoms with E-state index in [1.807, 2.05) is 18.2 Å². The number of esters is 4. The maximum atomic E-state index is 13.1. The van der Waals surface area contributed by atoms with Gasteiger partial charge in [-0.3, -0.25) is 37.3 Å². The molecule has 3 N–H and O–H groups in total. The van der Waals surface area contributed by atoms with Crippen molar-refractivity contribution in [2.24, 2.45) is 0 Å². The zero-order valence-corrected chi connectivity index (χ0v) is 63.0. The molecule has 0 radical (unpaired) electrons. The summed E-state index contributed by atoms with van der Waals surface area (Å²) in [7, 11) is -9.97. The van der Waals surface area contributed by atoms with E-state index >= 15 is 0 Å². The Hall–Kier alpha value is -4.54. The summed E-state index contributed by atoms with van der Waals surface area (Å²) < 4.78 is 68.3. The number of carbonyl (C=O) groups is 4. The highest BCUT2D eigenvalue weighted by molar-refractivity contribution is 7.47. The van der Waals surface area contributed by atoms with Gasteiger partial charge in [0.2, 0.25) is 0 Å². The zero-order valence-electron chi connectivity index (χ0n) is 61.2. The molecule has 0 spiro atoms. The molecular formula is C79H134O17P2. The van der Waals surface area contributed by atoms with Crippen molar-refractivity contribution < 1.29 is 80.2 Å². The lowest BCUT2D eigenvalue weighted by Crippen LogP contribution is -2.30. The van der Waals surface area contributed by atoms with Crippen LogP contribution in [-0.2, 0) is 65.4 Å². The number of unbranched alkanes of at least 4 members (excludes halogenated alkanes) is 24. The predicted octanol–water partition coefficient (Wildman–Crippen LogP) is 21.6. The van der Waals surface area contributed by atoms with Gasteiger partial charge in [0.25, 0.3) is 0 Å². The average Bonchev–Trinajstić information content (AvgIpc) is 1.00. The van der Waals surface area contributed by atoms with Crippen LogP contribution in [0.2, 0.25) is 0 Å². The van der Waals surface area contributed by atoms with Gasteiger partial charge < -0.3 is 33.8 Å². The van der Waals surface area contributed by atoms with Gasteiger partial charge in [0.1, 0.15) is 19.3 Å². The predicted molar refractivity (Wildman–Crippen MR) is 399 cm³/mol. The molecule has 0 aliphatic rings. The van der Waals surface area contributed by atoms with E-state index in [4.69, 9.17) is 37.0 Å². The van der Waals surface area contributed by atoms with Crippen molar-refractivity contribution in [1.29, 1.82) is 0 Å². The van der Waals surface area contributed by atoms with Crippen molar-refractivity contribution >= 4 is 39.5 Å². The first-order valence-corrected chi connectivity index (χ1v) is 40.8. The van der Waals surface area contributed by atoms with Crippen molar-refractivity contribution in [1.82, 2.24) is 0 Å². The smallest absolute Gasteiger partial charge is 0.462 e. The van der Waals surface area contributed by atoms with Crippen LogP contribution in [0.4, 0.5) is 0 Å². The Bertz CT molecular complexity index is 2340. The minimum Gasteiger partial charge on any atom is -0.462 e. The number of phosphoric ester groups is 2. The van der Waals surface area contributed by atoms with Gasteiger partial charge in [-0.05, 0) is 122 Å². The summed E-state index contributed by atoms with van der Waals surface area (Å²) in [4.78, 5) is 72.7. The van der Waals surface area contributed by atoms with Gasteiger partial charge in [-0.15, -0.1) is 0 Å². The van der Waals surface area contributed by atoms with Crippen molar-refractivity contribution in [3.63, 3.8) is 0 Å². The first-order valence-electron chi connectivity index (χ1n) is 37.8. The summed E-state index contributed by atoms with van der Waals surface area (Å²) in [5.41, 5.74) is 0. The highest BCUT2D eigenvalue weighted by atomic mass is 31.2. The number of phosphoric acid groups is 2. The summed E-state index contributed by atoms with van der Waals surface area (Å²) in [5, 5.41) is 10.6. The second kappa shape index (κ2) is 70.9. The first kappa shape index (κ1) is 93.5. The van der Waals surface area contributed by atoms with Crippen molar-refractivity contribution in [2.75, 3.05) is 39.6 Å². The molecule has 0 fully saturated rings. The zero-order chi connectivity index (χ0) is 71.8. The van der Waals surface area contributed by atoms with Crippen LogP contribution in [0.3, 0.4) is 0 Å². The van der Waals surface area contributed by atoms with Crippen molar-refractivity contribution in [3.05, 3.63) is 122 Å². The molecule has 0 heterocycles. The Balaban J connectivity index is 5.39. The molecule has 5 unspecified atom stereocenters. The molecule has 0 aliphatic carbocycles. The molecule has 0 aromatic heterocycles. The first-order chi connectivity index (χ1) is 47.7. The Kier molecular flexibility index (Phi) is 67.6. The molecule has 562 valence electrons. The molecule has 0 saturated heterocycles. The second-order valence-electron chi connectivity index (χ2n) is 24.9. The highest BCUT2D eigenvalue weighted by Gasteiger charge is 2.30. The maximum Gasteiger partial charge on any atom is 0.472 e. The summed E-state index contributed by atoms with van der Waals surface area (Å²) in [5.74, 6) is -2.30. The number of aliphatic hydroxyl groups is 1. The van der Waals surface area contributed by atoms with Gasteiger partial charge in [0.05, 0.1) is 26.4 Å². The fourth-order valence-electron chi connectivity index (χ4n) is 9.67. The molecule has 17 nitrogen and oxygen atoms in total. The summed E-state index contributed by atoms with van der Waals surface area (Å²) in [6.07, 6.45) is 76.4. The minimum absolute atomic E-state index is 0.0355. The number of hydrogen-bond donors (Lipinski definition) is 3. The third kappa shape index (κ3) is 69.9. The van der Waals surface area contributed by atoms with Gasteiger partial charge in [-0.2, -0.15) is 0 Å². The van der Waals surface area contributed by atoms with Crippen LogP contribution >= 0.6 is 15.6 Å². The quantitative estimate of drug-likeness (QED) is 0.0169. The lowest BCUT2D eigenvalue weighted by atomic mass is 10.1. The third-order valence-electron chi connectivity index (χ3n) is 15.4. The SMILES string of the molecule is CC/C=C\C/C=C\C/C=C\C/C=C\C/C=C\C/C=C\CCC(=O)OCC(COP(=O)(O)OCC(O)COP(=O)(O)OCC(COC(=O)CCCCCCC/C=C\C/C=C\CCCCC)OC(=O)CCCCCCC/C=C\C/C=C\CCC)OC(=O)CCCCCCCCCCCCC. The van der Waals surface area contributed by atoms with Gasteiger partial charge in [0, 0.05) is 25.7 Å². The average molecular weight is 1420 g/mol. The highest BCUT2D eigenvalue weighted by Crippen LogP contribution is 2.45. The Labute approximate surface area is 593 Å². The number of carbonyl (C=O) groups excluding carboxylic acids is 4. The van der Waals surface area contributed by atoms with Crippen LogP contribution in [0.1, 0.15) is 297 Å². The van der Waals surface area contributed by atoms with Crippen molar-refractivity contribution in [3.8, 4) is 0 Å². The van der Waals surface area contributed by atoms with Crippen LogP contribution in [-0.4, -0.2) is 96.7 Å². The monoisotopic (exact) mass is 1420 g/mol. The summed E-state index contributed by atoms with van der Waals surface area (Å²) in [6.45, 7) is 4.54. The fourth-order valence-corrected chi connectivity index (χ4v) is 11.2. The molecule has 98 heavy (non-hydrogen) atoms. The number of aliphatic hydroxyl groups excluding tert-OH is 1. The lowest BCUT2D eigenvalue weighted by molar-refractivity contribution is -0.161. The largest absolute Gasteiger partial charge is 0.472 e. The molecular weight excluding hydrogens is 1280 g/mol. The molecule has 0 aromatic rings. The summed E-state index contributed by atoms with van der Waals surface area (Å²) in [6, 6.07) is 0. The maximum absolute atomic E-state index is 13.1. The normalized spacial score (nSPS) is 14.6. The number of hydrogen-bond acceptors (Lipinski definition) is 15. The number of ether oxygens (including phenoxy) is 4. The Morgan fingerprint density at radius 3 is 0.939 bits per heavy atom. The standard InChI is InChI=1S/C79H134O17P2/c1-5-9-13-17-21-25-29-32-34-35-36-37-39-42-45-48-52-56-60-64-77(82)89-69-74(95-78(83)65-61-57-53-49-43-28-24-20-16-12-8-4)71-93-97(85,86)91-67-73(80)68-92-98(87,88)94-72-75(96-79(84)66-62-58-54-50-46-40-31-27-23-19-15-11-7-3)70-90-76(81)63-59-55-51-47-44-41-38-33-30-26-22-18-14-10-6-2/h9,13,15,19,21-22,25-27,31-34,36-38,42,45,52,56,73-75,80H,5-8,10-12,14,16-18,20,23-24,28-30,35,39-41,43-44,46-51,53-55,57-72H2,1-4H3,(H,85,86)(H,87,88)/b13-9-,19-15-,25-21-,26-22-,31-27-,34-32-,37-36-,38-33-,45-42-,56-52-. The van der Waals surface area contributed by atoms with E-state index < -0.39 is 97.5 Å². The molecule has 0 amide bonds. The fraction of sp³-hybridized carbons (Fsp3) is 0.696.